The van der Waals surface area contributed by atoms with Crippen LogP contribution >= 0.6 is 0 Å². The predicted octanol–water partition coefficient (Wildman–Crippen LogP) is 3.87. The van der Waals surface area contributed by atoms with Crippen LogP contribution in [0.15, 0.2) is 42.6 Å². The third-order valence-electron chi connectivity index (χ3n) is 5.54. The van der Waals surface area contributed by atoms with Gasteiger partial charge >= 0.3 is 5.97 Å². The Balaban J connectivity index is 1.83. The van der Waals surface area contributed by atoms with Crippen molar-refractivity contribution in [2.24, 2.45) is 0 Å². The summed E-state index contributed by atoms with van der Waals surface area (Å²) in [6.45, 7) is 5.97. The average Bonchev–Trinajstić information content (AvgIpc) is 3.26. The molecule has 0 bridgehead atoms. The molecule has 1 saturated carbocycles. The van der Waals surface area contributed by atoms with Crippen LogP contribution in [0.3, 0.4) is 0 Å². The van der Waals surface area contributed by atoms with Crippen molar-refractivity contribution < 1.29 is 9.90 Å². The van der Waals surface area contributed by atoms with Crippen molar-refractivity contribution in [3.05, 3.63) is 65.1 Å². The summed E-state index contributed by atoms with van der Waals surface area (Å²) in [5.41, 5.74) is 3.59. The monoisotopic (exact) mass is 349 g/mol. The summed E-state index contributed by atoms with van der Waals surface area (Å²) in [7, 11) is 0. The van der Waals surface area contributed by atoms with Gasteiger partial charge in [0.25, 0.3) is 0 Å². The minimum Gasteiger partial charge on any atom is -0.481 e. The van der Waals surface area contributed by atoms with Crippen LogP contribution < -0.4 is 0 Å². The van der Waals surface area contributed by atoms with Gasteiger partial charge in [-0.05, 0) is 31.4 Å². The third kappa shape index (κ3) is 2.59. The molecule has 2 aromatic heterocycles. The fourth-order valence-electron chi connectivity index (χ4n) is 3.88. The second-order valence-corrected chi connectivity index (χ2v) is 8.04. The number of carbonyl (C=O) groups is 1. The molecule has 1 aliphatic rings. The molecule has 1 N–H and O–H groups in total. The lowest BCUT2D eigenvalue weighted by molar-refractivity contribution is -0.138. The van der Waals surface area contributed by atoms with Crippen molar-refractivity contribution >= 4 is 11.6 Å². The van der Waals surface area contributed by atoms with Gasteiger partial charge in [0.15, 0.2) is 5.65 Å². The van der Waals surface area contributed by atoms with E-state index in [0.29, 0.717) is 0 Å². The Morgan fingerprint density at radius 3 is 2.50 bits per heavy atom. The highest BCUT2D eigenvalue weighted by Gasteiger charge is 2.49. The summed E-state index contributed by atoms with van der Waals surface area (Å²) in [5.74, 6) is 0.138. The van der Waals surface area contributed by atoms with Crippen LogP contribution in [0.25, 0.3) is 5.65 Å². The van der Waals surface area contributed by atoms with E-state index < -0.39 is 11.4 Å². The number of carboxylic acids is 1. The quantitative estimate of drug-likeness (QED) is 0.759. The smallest absolute Gasteiger partial charge is 0.304 e. The van der Waals surface area contributed by atoms with Crippen LogP contribution in [0, 0.1) is 6.92 Å². The van der Waals surface area contributed by atoms with Gasteiger partial charge in [0.05, 0.1) is 11.8 Å². The topological polar surface area (TPSA) is 67.5 Å². The van der Waals surface area contributed by atoms with E-state index in [0.717, 1.165) is 29.9 Å². The minimum atomic E-state index is -0.810. The van der Waals surface area contributed by atoms with Gasteiger partial charge < -0.3 is 5.11 Å². The van der Waals surface area contributed by atoms with Crippen molar-refractivity contribution in [3.8, 4) is 0 Å². The maximum absolute atomic E-state index is 11.3. The second-order valence-electron chi connectivity index (χ2n) is 8.04. The number of nitrogens with zero attached hydrogens (tertiary/aromatic N) is 3. The fourth-order valence-corrected chi connectivity index (χ4v) is 3.88. The van der Waals surface area contributed by atoms with E-state index in [-0.39, 0.29) is 11.8 Å². The van der Waals surface area contributed by atoms with E-state index in [9.17, 15) is 9.90 Å². The highest BCUT2D eigenvalue weighted by Crippen LogP contribution is 2.53. The molecule has 1 aromatic carbocycles. The Kier molecular flexibility index (Phi) is 3.65. The molecule has 5 heteroatoms. The number of aliphatic carboxylic acids is 1. The molecular weight excluding hydrogens is 326 g/mol. The van der Waals surface area contributed by atoms with Gasteiger partial charge in [0.1, 0.15) is 5.82 Å². The lowest BCUT2D eigenvalue weighted by atomic mass is 9.82. The van der Waals surface area contributed by atoms with Crippen LogP contribution in [0.2, 0.25) is 0 Å². The van der Waals surface area contributed by atoms with Gasteiger partial charge in [0, 0.05) is 17.2 Å². The highest BCUT2D eigenvalue weighted by molar-refractivity contribution is 5.70. The number of carboxylic acid groups (broad SMARTS) is 1. The highest BCUT2D eigenvalue weighted by atomic mass is 16.4. The number of benzene rings is 1. The van der Waals surface area contributed by atoms with Gasteiger partial charge in [-0.25, -0.2) is 0 Å². The molecule has 0 saturated heterocycles. The summed E-state index contributed by atoms with van der Waals surface area (Å²) < 4.78 is 2.05. The van der Waals surface area contributed by atoms with Crippen LogP contribution in [-0.2, 0) is 15.6 Å². The van der Waals surface area contributed by atoms with E-state index in [4.69, 9.17) is 0 Å². The molecule has 1 fully saturated rings. The fraction of sp³-hybridized carbons (Fsp3) is 0.381. The molecule has 26 heavy (non-hydrogen) atoms. The van der Waals surface area contributed by atoms with E-state index in [1.807, 2.05) is 36.6 Å². The Morgan fingerprint density at radius 1 is 1.19 bits per heavy atom. The van der Waals surface area contributed by atoms with Gasteiger partial charge in [-0.3, -0.25) is 9.20 Å². The predicted molar refractivity (Wildman–Crippen MR) is 99.5 cm³/mol. The third-order valence-corrected chi connectivity index (χ3v) is 5.54. The zero-order chi connectivity index (χ0) is 18.5. The molecule has 0 aliphatic heterocycles. The zero-order valence-electron chi connectivity index (χ0n) is 15.4. The maximum Gasteiger partial charge on any atom is 0.304 e. The second kappa shape index (κ2) is 5.66. The molecule has 2 heterocycles. The van der Waals surface area contributed by atoms with Crippen LogP contribution in [0.1, 0.15) is 55.6 Å². The molecule has 0 atom stereocenters. The Labute approximate surface area is 152 Å². The number of hydrogen-bond donors (Lipinski definition) is 1. The van der Waals surface area contributed by atoms with Crippen LogP contribution in [-0.4, -0.2) is 25.7 Å². The first-order valence-corrected chi connectivity index (χ1v) is 8.97. The molecule has 0 radical (unpaired) electrons. The zero-order valence-corrected chi connectivity index (χ0v) is 15.4. The number of fused-ring (bicyclic) bond motifs is 1. The number of aromatic nitrogens is 3. The molecule has 0 amide bonds. The first kappa shape index (κ1) is 16.8. The summed E-state index contributed by atoms with van der Waals surface area (Å²) in [5, 5.41) is 18.3. The van der Waals surface area contributed by atoms with Crippen molar-refractivity contribution in [3.63, 3.8) is 0 Å². The van der Waals surface area contributed by atoms with Crippen LogP contribution in [0.5, 0.6) is 0 Å². The molecule has 1 aliphatic carbocycles. The number of rotatable bonds is 5. The average molecular weight is 349 g/mol. The van der Waals surface area contributed by atoms with Gasteiger partial charge in [-0.15, -0.1) is 10.2 Å². The first-order valence-electron chi connectivity index (χ1n) is 8.97. The van der Waals surface area contributed by atoms with E-state index in [1.165, 1.54) is 11.1 Å². The number of pyridine rings is 1. The summed E-state index contributed by atoms with van der Waals surface area (Å²) in [6, 6.07) is 12.6. The SMILES string of the molecule is Cc1ccc(C2(c3nnc4c(C(C)(C)CC(=O)O)cccn34)CC2)cc1. The summed E-state index contributed by atoms with van der Waals surface area (Å²) in [6.07, 6.45) is 4.15. The first-order chi connectivity index (χ1) is 12.3. The van der Waals surface area contributed by atoms with Crippen molar-refractivity contribution in [1.29, 1.82) is 0 Å². The standard InChI is InChI=1S/C21H23N3O2/c1-14-6-8-15(9-7-14)21(10-11-21)19-23-22-18-16(5-4-12-24(18)19)20(2,3)13-17(25)26/h4-9,12H,10-11,13H2,1-3H3,(H,25,26). The van der Waals surface area contributed by atoms with Gasteiger partial charge in [-0.2, -0.15) is 0 Å². The van der Waals surface area contributed by atoms with E-state index >= 15 is 0 Å². The summed E-state index contributed by atoms with van der Waals surface area (Å²) in [4.78, 5) is 11.3. The summed E-state index contributed by atoms with van der Waals surface area (Å²) >= 11 is 0. The van der Waals surface area contributed by atoms with Crippen LogP contribution in [0.4, 0.5) is 0 Å². The van der Waals surface area contributed by atoms with E-state index in [1.54, 1.807) is 0 Å². The molecule has 4 rings (SSSR count). The normalized spacial score (nSPS) is 16.0. The number of hydrogen-bond acceptors (Lipinski definition) is 3. The van der Waals surface area contributed by atoms with Gasteiger partial charge in [0.2, 0.25) is 0 Å². The Morgan fingerprint density at radius 2 is 1.88 bits per heavy atom. The molecular formula is C21H23N3O2. The molecule has 5 nitrogen and oxygen atoms in total. The minimum absolute atomic E-state index is 0.0535. The van der Waals surface area contributed by atoms with Crippen molar-refractivity contribution in [2.45, 2.75) is 50.9 Å². The lowest BCUT2D eigenvalue weighted by Crippen LogP contribution is -2.23. The molecule has 0 spiro atoms. The number of aryl methyl sites for hydroxylation is 1. The van der Waals surface area contributed by atoms with Crippen molar-refractivity contribution in [1.82, 2.24) is 14.6 Å². The molecule has 0 unspecified atom stereocenters. The lowest BCUT2D eigenvalue weighted by Gasteiger charge is -2.23. The molecule has 134 valence electrons. The Bertz CT molecular complexity index is 982. The Hall–Kier alpha value is -2.69. The van der Waals surface area contributed by atoms with Gasteiger partial charge in [-0.1, -0.05) is 49.7 Å². The van der Waals surface area contributed by atoms with Crippen molar-refractivity contribution in [2.75, 3.05) is 0 Å². The maximum atomic E-state index is 11.3. The largest absolute Gasteiger partial charge is 0.481 e. The van der Waals surface area contributed by atoms with E-state index in [2.05, 4.69) is 41.4 Å². The molecule has 3 aromatic rings.